The maximum Gasteiger partial charge on any atom is 0.417 e. The second-order valence-electron chi connectivity index (χ2n) is 2.99. The average Bonchev–Trinajstić information content (AvgIpc) is 2.14. The summed E-state index contributed by atoms with van der Waals surface area (Å²) in [5, 5.41) is 8.56. The Bertz CT molecular complexity index is 443. The first-order valence-electron chi connectivity index (χ1n) is 3.97. The van der Waals surface area contributed by atoms with E-state index in [2.05, 4.69) is 0 Å². The lowest BCUT2D eigenvalue weighted by molar-refractivity contribution is -0.138. The summed E-state index contributed by atoms with van der Waals surface area (Å²) < 4.78 is 37.5. The summed E-state index contributed by atoms with van der Waals surface area (Å²) in [7, 11) is 0. The van der Waals surface area contributed by atoms with Crippen LogP contribution in [0.15, 0.2) is 12.1 Å². The summed E-state index contributed by atoms with van der Waals surface area (Å²) in [6.07, 6.45) is -4.16. The zero-order valence-electron chi connectivity index (χ0n) is 7.72. The average molecular weight is 213 g/mol. The molecule has 0 saturated heterocycles. The van der Waals surface area contributed by atoms with Gasteiger partial charge < -0.3 is 0 Å². The van der Waals surface area contributed by atoms with E-state index in [-0.39, 0.29) is 11.1 Å². The van der Waals surface area contributed by atoms with Crippen LogP contribution in [0.3, 0.4) is 0 Å². The number of aryl methyl sites for hydroxylation is 1. The lowest BCUT2D eigenvalue weighted by atomic mass is 9.99. The fourth-order valence-corrected chi connectivity index (χ4v) is 1.35. The van der Waals surface area contributed by atoms with Crippen LogP contribution < -0.4 is 0 Å². The molecule has 0 aliphatic carbocycles. The summed E-state index contributed by atoms with van der Waals surface area (Å²) in [5.41, 5.74) is -1.55. The van der Waals surface area contributed by atoms with Crippen molar-refractivity contribution in [3.8, 4) is 6.07 Å². The third-order valence-electron chi connectivity index (χ3n) is 1.90. The van der Waals surface area contributed by atoms with Crippen molar-refractivity contribution in [1.82, 2.24) is 0 Å². The molecule has 0 aliphatic heterocycles. The van der Waals surface area contributed by atoms with Crippen molar-refractivity contribution in [2.24, 2.45) is 0 Å². The van der Waals surface area contributed by atoms with E-state index in [1.54, 1.807) is 0 Å². The van der Waals surface area contributed by atoms with Gasteiger partial charge >= 0.3 is 6.18 Å². The van der Waals surface area contributed by atoms with Gasteiger partial charge in [0.25, 0.3) is 0 Å². The number of hydrogen-bond acceptors (Lipinski definition) is 2. The van der Waals surface area contributed by atoms with Gasteiger partial charge in [0, 0.05) is 5.56 Å². The van der Waals surface area contributed by atoms with Crippen LogP contribution in [0, 0.1) is 18.3 Å². The molecule has 0 heterocycles. The SMILES string of the molecule is Cc1cc(C=O)cc(C#N)c1C(F)(F)F. The normalized spacial score (nSPS) is 10.9. The van der Waals surface area contributed by atoms with Crippen LogP contribution >= 0.6 is 0 Å². The first-order chi connectivity index (χ1) is 6.90. The fourth-order valence-electron chi connectivity index (χ4n) is 1.35. The lowest BCUT2D eigenvalue weighted by Gasteiger charge is -2.12. The number of benzene rings is 1. The Morgan fingerprint density at radius 1 is 1.40 bits per heavy atom. The fraction of sp³-hybridized carbons (Fsp3) is 0.200. The molecule has 1 aromatic carbocycles. The second kappa shape index (κ2) is 3.73. The van der Waals surface area contributed by atoms with Crippen molar-refractivity contribution in [1.29, 1.82) is 5.26 Å². The van der Waals surface area contributed by atoms with Gasteiger partial charge in [0.05, 0.1) is 17.2 Å². The molecule has 0 N–H and O–H groups in total. The highest BCUT2D eigenvalue weighted by molar-refractivity contribution is 5.76. The maximum atomic E-state index is 12.5. The van der Waals surface area contributed by atoms with Gasteiger partial charge in [0.15, 0.2) is 0 Å². The largest absolute Gasteiger partial charge is 0.417 e. The third kappa shape index (κ3) is 2.15. The third-order valence-corrected chi connectivity index (χ3v) is 1.90. The molecule has 0 radical (unpaired) electrons. The van der Waals surface area contributed by atoms with Crippen molar-refractivity contribution in [2.75, 3.05) is 0 Å². The zero-order valence-corrected chi connectivity index (χ0v) is 7.72. The van der Waals surface area contributed by atoms with E-state index >= 15 is 0 Å². The molecule has 0 aliphatic rings. The molecule has 5 heteroatoms. The van der Waals surface area contributed by atoms with Gasteiger partial charge in [-0.15, -0.1) is 0 Å². The summed E-state index contributed by atoms with van der Waals surface area (Å²) in [4.78, 5) is 10.4. The number of hydrogen-bond donors (Lipinski definition) is 0. The van der Waals surface area contributed by atoms with E-state index in [9.17, 15) is 18.0 Å². The van der Waals surface area contributed by atoms with Crippen molar-refractivity contribution in [3.05, 3.63) is 34.4 Å². The smallest absolute Gasteiger partial charge is 0.298 e. The molecule has 78 valence electrons. The highest BCUT2D eigenvalue weighted by Crippen LogP contribution is 2.34. The highest BCUT2D eigenvalue weighted by Gasteiger charge is 2.35. The standard InChI is InChI=1S/C10H6F3NO/c1-6-2-7(5-15)3-8(4-14)9(6)10(11,12)13/h2-3,5H,1H3. The first kappa shape index (κ1) is 11.2. The summed E-state index contributed by atoms with van der Waals surface area (Å²) >= 11 is 0. The molecule has 0 fully saturated rings. The van der Waals surface area contributed by atoms with Gasteiger partial charge in [-0.2, -0.15) is 18.4 Å². The van der Waals surface area contributed by atoms with Gasteiger partial charge in [-0.25, -0.2) is 0 Å². The Morgan fingerprint density at radius 2 is 2.00 bits per heavy atom. The lowest BCUT2D eigenvalue weighted by Crippen LogP contribution is -2.11. The molecule has 0 unspecified atom stereocenters. The van der Waals surface area contributed by atoms with Crippen LogP contribution in [-0.4, -0.2) is 6.29 Å². The van der Waals surface area contributed by atoms with Gasteiger partial charge in [-0.3, -0.25) is 4.79 Å². The Hall–Kier alpha value is -1.83. The summed E-state index contributed by atoms with van der Waals surface area (Å²) in [6, 6.07) is 3.48. The molecule has 2 nitrogen and oxygen atoms in total. The van der Waals surface area contributed by atoms with Crippen LogP contribution in [0.25, 0.3) is 0 Å². The molecular formula is C10H6F3NO. The number of halogens is 3. The topological polar surface area (TPSA) is 40.9 Å². The Labute approximate surface area is 83.9 Å². The van der Waals surface area contributed by atoms with E-state index in [0.29, 0.717) is 6.29 Å². The number of nitriles is 1. The number of rotatable bonds is 1. The van der Waals surface area contributed by atoms with Crippen LogP contribution in [-0.2, 0) is 6.18 Å². The molecule has 0 aromatic heterocycles. The zero-order chi connectivity index (χ0) is 11.6. The summed E-state index contributed by atoms with van der Waals surface area (Å²) in [5.74, 6) is 0. The molecular weight excluding hydrogens is 207 g/mol. The van der Waals surface area contributed by atoms with Gasteiger partial charge in [0.2, 0.25) is 0 Å². The molecule has 1 aromatic rings. The highest BCUT2D eigenvalue weighted by atomic mass is 19.4. The van der Waals surface area contributed by atoms with E-state index in [1.807, 2.05) is 0 Å². The molecule has 0 bridgehead atoms. The van der Waals surface area contributed by atoms with Gasteiger partial charge in [0.1, 0.15) is 6.29 Å². The molecule has 0 saturated carbocycles. The molecule has 1 rings (SSSR count). The number of nitrogens with zero attached hydrogens (tertiary/aromatic N) is 1. The van der Waals surface area contributed by atoms with Crippen LogP contribution in [0.5, 0.6) is 0 Å². The number of carbonyl (C=O) groups is 1. The molecule has 0 spiro atoms. The van der Waals surface area contributed by atoms with E-state index < -0.39 is 17.3 Å². The van der Waals surface area contributed by atoms with E-state index in [0.717, 1.165) is 12.1 Å². The minimum atomic E-state index is -4.57. The van der Waals surface area contributed by atoms with E-state index in [4.69, 9.17) is 5.26 Å². The number of carbonyl (C=O) groups excluding carboxylic acids is 1. The van der Waals surface area contributed by atoms with Crippen LogP contribution in [0.4, 0.5) is 13.2 Å². The van der Waals surface area contributed by atoms with Crippen LogP contribution in [0.2, 0.25) is 0 Å². The van der Waals surface area contributed by atoms with Crippen LogP contribution in [0.1, 0.15) is 27.0 Å². The first-order valence-corrected chi connectivity index (χ1v) is 3.97. The molecule has 15 heavy (non-hydrogen) atoms. The molecule has 0 atom stereocenters. The number of aldehydes is 1. The Balaban J connectivity index is 3.53. The number of alkyl halides is 3. The second-order valence-corrected chi connectivity index (χ2v) is 2.99. The Kier molecular flexibility index (Phi) is 2.80. The van der Waals surface area contributed by atoms with E-state index in [1.165, 1.54) is 13.0 Å². The predicted molar refractivity (Wildman–Crippen MR) is 46.3 cm³/mol. The van der Waals surface area contributed by atoms with Crippen molar-refractivity contribution in [2.45, 2.75) is 13.1 Å². The summed E-state index contributed by atoms with van der Waals surface area (Å²) in [6.45, 7) is 1.22. The quantitative estimate of drug-likeness (QED) is 0.673. The predicted octanol–water partition coefficient (Wildman–Crippen LogP) is 2.70. The van der Waals surface area contributed by atoms with Crippen molar-refractivity contribution < 1.29 is 18.0 Å². The Morgan fingerprint density at radius 3 is 2.40 bits per heavy atom. The van der Waals surface area contributed by atoms with Crippen molar-refractivity contribution >= 4 is 6.29 Å². The van der Waals surface area contributed by atoms with Gasteiger partial charge in [-0.05, 0) is 24.6 Å². The van der Waals surface area contributed by atoms with Crippen molar-refractivity contribution in [3.63, 3.8) is 0 Å². The monoisotopic (exact) mass is 213 g/mol. The minimum Gasteiger partial charge on any atom is -0.298 e. The maximum absolute atomic E-state index is 12.5. The minimum absolute atomic E-state index is 0.0667. The van der Waals surface area contributed by atoms with Gasteiger partial charge in [-0.1, -0.05) is 0 Å². The molecule has 0 amide bonds.